The molecule has 0 radical (unpaired) electrons. The van der Waals surface area contributed by atoms with Gasteiger partial charge in [0.2, 0.25) is 5.56 Å². The summed E-state index contributed by atoms with van der Waals surface area (Å²) in [6.45, 7) is 3.11. The van der Waals surface area contributed by atoms with Gasteiger partial charge in [0.05, 0.1) is 12.2 Å². The van der Waals surface area contributed by atoms with Crippen molar-refractivity contribution < 1.29 is 0 Å². The number of rotatable bonds is 5. The van der Waals surface area contributed by atoms with Crippen LogP contribution in [0.15, 0.2) is 64.4 Å². The van der Waals surface area contributed by atoms with Crippen molar-refractivity contribution in [3.05, 3.63) is 81.3 Å². The van der Waals surface area contributed by atoms with E-state index in [2.05, 4.69) is 15.0 Å². The van der Waals surface area contributed by atoms with Crippen LogP contribution >= 0.6 is 0 Å². The van der Waals surface area contributed by atoms with Crippen LogP contribution in [0.1, 0.15) is 5.69 Å². The Morgan fingerprint density at radius 2 is 1.78 bits per heavy atom. The van der Waals surface area contributed by atoms with Gasteiger partial charge in [0, 0.05) is 68.4 Å². The van der Waals surface area contributed by atoms with E-state index in [0.29, 0.717) is 12.5 Å². The maximum atomic E-state index is 12.2. The lowest BCUT2D eigenvalue weighted by Crippen LogP contribution is -2.49. The van der Waals surface area contributed by atoms with Crippen LogP contribution in [0.4, 0.5) is 0 Å². The number of aromatic nitrogens is 4. The molecule has 3 aromatic rings. The van der Waals surface area contributed by atoms with Gasteiger partial charge in [-0.2, -0.15) is 5.10 Å². The molecule has 0 amide bonds. The summed E-state index contributed by atoms with van der Waals surface area (Å²) in [4.78, 5) is 30.2. The Morgan fingerprint density at radius 1 is 1.00 bits per heavy atom. The van der Waals surface area contributed by atoms with E-state index in [-0.39, 0.29) is 11.1 Å². The van der Waals surface area contributed by atoms with Crippen molar-refractivity contribution in [2.75, 3.05) is 13.1 Å². The molecule has 0 aliphatic carbocycles. The van der Waals surface area contributed by atoms with Crippen LogP contribution in [-0.4, -0.2) is 37.3 Å². The Morgan fingerprint density at radius 3 is 2.56 bits per heavy atom. The van der Waals surface area contributed by atoms with Crippen LogP contribution in [0.3, 0.4) is 0 Å². The lowest BCUT2D eigenvalue weighted by atomic mass is 10.00. The third-order valence-electron chi connectivity index (χ3n) is 4.98. The van der Waals surface area contributed by atoms with Crippen molar-refractivity contribution in [3.8, 4) is 11.3 Å². The summed E-state index contributed by atoms with van der Waals surface area (Å²) < 4.78 is 3.23. The van der Waals surface area contributed by atoms with Gasteiger partial charge in [0.1, 0.15) is 0 Å². The van der Waals surface area contributed by atoms with Gasteiger partial charge >= 0.3 is 0 Å². The predicted octanol–water partition coefficient (Wildman–Crippen LogP) is 1.14. The molecule has 0 saturated carbocycles. The normalized spacial score (nSPS) is 14.9. The monoisotopic (exact) mass is 363 g/mol. The fourth-order valence-electron chi connectivity index (χ4n) is 3.42. The van der Waals surface area contributed by atoms with E-state index in [4.69, 9.17) is 0 Å². The van der Waals surface area contributed by atoms with Crippen LogP contribution in [0.25, 0.3) is 11.3 Å². The number of hydrogen-bond acceptors (Lipinski definition) is 5. The molecular weight excluding hydrogens is 342 g/mol. The molecule has 4 rings (SSSR count). The predicted molar refractivity (Wildman–Crippen MR) is 102 cm³/mol. The van der Waals surface area contributed by atoms with Gasteiger partial charge in [-0.05, 0) is 24.3 Å². The van der Waals surface area contributed by atoms with Gasteiger partial charge in [-0.25, -0.2) is 4.68 Å². The lowest BCUT2D eigenvalue weighted by molar-refractivity contribution is 0.0743. The molecule has 0 unspecified atom stereocenters. The summed E-state index contributed by atoms with van der Waals surface area (Å²) in [5.74, 6) is 0.378. The smallest absolute Gasteiger partial charge is 0.266 e. The first-order valence-electron chi connectivity index (χ1n) is 8.96. The third-order valence-corrected chi connectivity index (χ3v) is 4.98. The topological polar surface area (TPSA) is 73.0 Å². The molecule has 27 heavy (non-hydrogen) atoms. The highest BCUT2D eigenvalue weighted by Crippen LogP contribution is 2.20. The molecule has 3 aromatic heterocycles. The average molecular weight is 363 g/mol. The highest BCUT2D eigenvalue weighted by atomic mass is 16.1. The van der Waals surface area contributed by atoms with E-state index < -0.39 is 0 Å². The maximum absolute atomic E-state index is 12.2. The molecule has 0 bridgehead atoms. The van der Waals surface area contributed by atoms with E-state index in [9.17, 15) is 9.59 Å². The average Bonchev–Trinajstić information content (AvgIpc) is 2.65. The third kappa shape index (κ3) is 3.73. The number of likely N-dealkylation sites (tertiary alicyclic amines) is 1. The Labute approximate surface area is 156 Å². The summed E-state index contributed by atoms with van der Waals surface area (Å²) in [7, 11) is 1.79. The molecular formula is C20H21N5O2. The standard InChI is InChI=1S/C20H21N5O2/c1-23-17(3-2-4-19(23)26)14-24-11-15(12-24)13-25-20(27)6-5-18(22-25)16-7-9-21-10-8-16/h2-10,15H,11-14H2,1H3. The van der Waals surface area contributed by atoms with Crippen molar-refractivity contribution in [3.63, 3.8) is 0 Å². The Bertz CT molecular complexity index is 1050. The molecule has 7 heteroatoms. The largest absolute Gasteiger partial charge is 0.314 e. The highest BCUT2D eigenvalue weighted by Gasteiger charge is 2.28. The van der Waals surface area contributed by atoms with E-state index in [0.717, 1.165) is 36.6 Å². The van der Waals surface area contributed by atoms with Crippen LogP contribution in [-0.2, 0) is 20.1 Å². The van der Waals surface area contributed by atoms with Gasteiger partial charge in [0.25, 0.3) is 5.56 Å². The first-order chi connectivity index (χ1) is 13.1. The molecule has 1 saturated heterocycles. The van der Waals surface area contributed by atoms with Crippen molar-refractivity contribution in [1.82, 2.24) is 24.2 Å². The summed E-state index contributed by atoms with van der Waals surface area (Å²) in [5.41, 5.74) is 2.63. The first kappa shape index (κ1) is 17.4. The van der Waals surface area contributed by atoms with E-state index >= 15 is 0 Å². The van der Waals surface area contributed by atoms with E-state index in [1.54, 1.807) is 53.0 Å². The van der Waals surface area contributed by atoms with Crippen LogP contribution < -0.4 is 11.1 Å². The highest BCUT2D eigenvalue weighted by molar-refractivity contribution is 5.56. The Hall–Kier alpha value is -3.06. The van der Waals surface area contributed by atoms with Crippen molar-refractivity contribution in [1.29, 1.82) is 0 Å². The van der Waals surface area contributed by atoms with Gasteiger partial charge in [-0.3, -0.25) is 19.5 Å². The summed E-state index contributed by atoms with van der Waals surface area (Å²) >= 11 is 0. The van der Waals surface area contributed by atoms with Crippen molar-refractivity contribution >= 4 is 0 Å². The molecule has 1 aliphatic rings. The molecule has 1 aliphatic heterocycles. The summed E-state index contributed by atoms with van der Waals surface area (Å²) in [6.07, 6.45) is 3.43. The van der Waals surface area contributed by atoms with Crippen LogP contribution in [0.5, 0.6) is 0 Å². The van der Waals surface area contributed by atoms with Gasteiger partial charge in [-0.15, -0.1) is 0 Å². The molecule has 0 aromatic carbocycles. The Balaban J connectivity index is 1.41. The fourth-order valence-corrected chi connectivity index (χ4v) is 3.42. The number of pyridine rings is 2. The minimum Gasteiger partial charge on any atom is -0.314 e. The van der Waals surface area contributed by atoms with Gasteiger partial charge in [0.15, 0.2) is 0 Å². The van der Waals surface area contributed by atoms with Crippen LogP contribution in [0, 0.1) is 5.92 Å². The maximum Gasteiger partial charge on any atom is 0.266 e. The minimum absolute atomic E-state index is 0.00764. The summed E-state index contributed by atoms with van der Waals surface area (Å²) in [6, 6.07) is 12.4. The number of hydrogen-bond donors (Lipinski definition) is 0. The molecule has 7 nitrogen and oxygen atoms in total. The molecule has 4 heterocycles. The van der Waals surface area contributed by atoms with E-state index in [1.807, 2.05) is 18.2 Å². The van der Waals surface area contributed by atoms with Gasteiger partial charge in [-0.1, -0.05) is 6.07 Å². The number of nitrogens with zero attached hydrogens (tertiary/aromatic N) is 5. The zero-order valence-corrected chi connectivity index (χ0v) is 15.2. The molecule has 138 valence electrons. The SMILES string of the molecule is Cn1c(CN2CC(Cn3nc(-c4ccncc4)ccc3=O)C2)cccc1=O. The molecule has 0 spiro atoms. The van der Waals surface area contributed by atoms with E-state index in [1.165, 1.54) is 0 Å². The van der Waals surface area contributed by atoms with Crippen molar-refractivity contribution in [2.45, 2.75) is 13.1 Å². The Kier molecular flexibility index (Phi) is 4.68. The zero-order chi connectivity index (χ0) is 18.8. The second kappa shape index (κ2) is 7.28. The molecule has 1 fully saturated rings. The zero-order valence-electron chi connectivity index (χ0n) is 15.2. The lowest BCUT2D eigenvalue weighted by Gasteiger charge is -2.39. The second-order valence-electron chi connectivity index (χ2n) is 6.95. The summed E-state index contributed by atoms with van der Waals surface area (Å²) in [5, 5.41) is 4.51. The van der Waals surface area contributed by atoms with Crippen molar-refractivity contribution in [2.24, 2.45) is 13.0 Å². The quantitative estimate of drug-likeness (QED) is 0.680. The second-order valence-corrected chi connectivity index (χ2v) is 6.95. The molecule has 0 atom stereocenters. The molecule has 0 N–H and O–H groups in total. The minimum atomic E-state index is -0.0864. The van der Waals surface area contributed by atoms with Gasteiger partial charge < -0.3 is 4.57 Å². The first-order valence-corrected chi connectivity index (χ1v) is 8.96. The van der Waals surface area contributed by atoms with Crippen LogP contribution in [0.2, 0.25) is 0 Å². The fraction of sp³-hybridized carbons (Fsp3) is 0.300.